The quantitative estimate of drug-likeness (QED) is 0.124. The van der Waals surface area contributed by atoms with Crippen molar-refractivity contribution in [3.63, 3.8) is 0 Å². The Balaban J connectivity index is 1.20. The number of aromatic nitrogens is 6. The van der Waals surface area contributed by atoms with Crippen LogP contribution in [0.2, 0.25) is 0 Å². The van der Waals surface area contributed by atoms with Crippen LogP contribution in [0.4, 0.5) is 23.3 Å². The summed E-state index contributed by atoms with van der Waals surface area (Å²) in [4.78, 5) is 55.7. The third-order valence-corrected chi connectivity index (χ3v) is 9.19. The molecule has 9 unspecified atom stereocenters. The monoisotopic (exact) mass is 672 g/mol. The number of anilines is 2. The van der Waals surface area contributed by atoms with Crippen molar-refractivity contribution in [1.29, 1.82) is 0 Å². The minimum Gasteiger partial charge on any atom is -0.394 e. The molecular formula is C22H30N10O11P2+2. The van der Waals surface area contributed by atoms with Gasteiger partial charge in [0.15, 0.2) is 30.6 Å². The van der Waals surface area contributed by atoms with E-state index < -0.39 is 71.4 Å². The molecule has 2 fully saturated rings. The zero-order chi connectivity index (χ0) is 32.1. The Morgan fingerprint density at radius 1 is 1.31 bits per heavy atom. The topological polar surface area (TPSA) is 295 Å². The van der Waals surface area contributed by atoms with Gasteiger partial charge in [-0.15, -0.1) is 9.42 Å². The van der Waals surface area contributed by atoms with Crippen molar-refractivity contribution >= 4 is 56.9 Å². The molecular weight excluding hydrogens is 642 g/mol. The van der Waals surface area contributed by atoms with Crippen molar-refractivity contribution in [2.45, 2.75) is 44.0 Å². The summed E-state index contributed by atoms with van der Waals surface area (Å²) in [6.45, 7) is 0.464. The van der Waals surface area contributed by atoms with E-state index in [9.17, 15) is 28.8 Å². The first-order valence-corrected chi connectivity index (χ1v) is 16.1. The molecule has 3 aliphatic rings. The maximum Gasteiger partial charge on any atom is 0.695 e. The number of phosphoric acid groups is 1. The number of rotatable bonds is 9. The van der Waals surface area contributed by atoms with Gasteiger partial charge in [0, 0.05) is 16.9 Å². The lowest BCUT2D eigenvalue weighted by Gasteiger charge is -2.29. The molecule has 6 heterocycles. The summed E-state index contributed by atoms with van der Waals surface area (Å²) in [6.07, 6.45) is -0.879. The fourth-order valence-corrected chi connectivity index (χ4v) is 7.15. The fourth-order valence-electron chi connectivity index (χ4n) is 5.69. The third kappa shape index (κ3) is 6.12. The average Bonchev–Trinajstić information content (AvgIpc) is 3.60. The van der Waals surface area contributed by atoms with E-state index in [0.717, 1.165) is 0 Å². The molecule has 6 rings (SSSR count). The Kier molecular flexibility index (Phi) is 8.52. The SMILES string of the molecule is CC1C(O[P+](=O)O)C(COP(=O)(O)OC2CC(CO)OC[N+]3(C=Nc4c3nc(N)[nH]c4=O)C2)OC1n1cnc2c(N)ncnc21. The summed E-state index contributed by atoms with van der Waals surface area (Å²) < 4.78 is 54.1. The van der Waals surface area contributed by atoms with Gasteiger partial charge >= 0.3 is 16.1 Å². The Labute approximate surface area is 253 Å². The van der Waals surface area contributed by atoms with Gasteiger partial charge in [0.05, 0.1) is 25.6 Å². The summed E-state index contributed by atoms with van der Waals surface area (Å²) in [7, 11) is -7.96. The van der Waals surface area contributed by atoms with E-state index in [-0.39, 0.29) is 47.5 Å². The van der Waals surface area contributed by atoms with E-state index in [4.69, 9.17) is 34.5 Å². The number of phosphoric ester groups is 1. The predicted molar refractivity (Wildman–Crippen MR) is 154 cm³/mol. The number of aliphatic hydroxyl groups is 1. The number of aliphatic imine (C=N–C) groups is 1. The summed E-state index contributed by atoms with van der Waals surface area (Å²) in [6, 6.07) is 0. The molecule has 9 atom stereocenters. The molecule has 0 aromatic carbocycles. The third-order valence-electron chi connectivity index (χ3n) is 7.73. The number of quaternary nitrogens is 1. The number of H-pyrrole nitrogens is 1. The molecule has 21 nitrogen and oxygen atoms in total. The zero-order valence-corrected chi connectivity index (χ0v) is 25.3. The molecule has 0 aliphatic carbocycles. The number of fused-ring (bicyclic) bond motifs is 3. The standard InChI is InChI=1S/C22H28N10O11P2/c1-10-16(42-44(35)36)13(41-21(10)31-7-27-14-17(23)25-6-26-18(14)31)5-40-45(37,38)43-11-2-12(4-33)39-9-32(3-11)8-28-15-19(32)29-22(24)30-20(15)34/h6-8,10-13,16,21,33H,2-5,9H2,1H3,(H5-2,23,24,25,26,29,30,34,35,36,37,38)/p+2. The molecule has 0 bridgehead atoms. The highest BCUT2D eigenvalue weighted by atomic mass is 31.2. The number of hydrogen-bond donors (Lipinski definition) is 6. The van der Waals surface area contributed by atoms with Gasteiger partial charge in [-0.3, -0.25) is 23.4 Å². The largest absolute Gasteiger partial charge is 0.695 e. The van der Waals surface area contributed by atoms with Gasteiger partial charge in [0.2, 0.25) is 11.6 Å². The molecule has 242 valence electrons. The molecule has 0 radical (unpaired) electrons. The van der Waals surface area contributed by atoms with Crippen molar-refractivity contribution in [1.82, 2.24) is 34.0 Å². The van der Waals surface area contributed by atoms with E-state index in [1.54, 1.807) is 11.5 Å². The molecule has 2 saturated heterocycles. The molecule has 8 N–H and O–H groups in total. The van der Waals surface area contributed by atoms with E-state index in [1.165, 1.54) is 19.0 Å². The van der Waals surface area contributed by atoms with Gasteiger partial charge in [0.25, 0.3) is 11.4 Å². The lowest BCUT2D eigenvalue weighted by atomic mass is 10.0. The Hall–Kier alpha value is -3.33. The summed E-state index contributed by atoms with van der Waals surface area (Å²) in [5, 5.41) is 9.83. The molecule has 45 heavy (non-hydrogen) atoms. The molecule has 3 aliphatic heterocycles. The van der Waals surface area contributed by atoms with Crippen LogP contribution in [0.25, 0.3) is 11.2 Å². The van der Waals surface area contributed by atoms with Gasteiger partial charge in [-0.2, -0.15) is 9.98 Å². The van der Waals surface area contributed by atoms with Gasteiger partial charge in [-0.05, 0) is 0 Å². The Bertz CT molecular complexity index is 1760. The van der Waals surface area contributed by atoms with Crippen molar-refractivity contribution in [2.75, 3.05) is 38.0 Å². The highest BCUT2D eigenvalue weighted by Gasteiger charge is 2.51. The van der Waals surface area contributed by atoms with Crippen LogP contribution in [0.5, 0.6) is 0 Å². The first-order valence-electron chi connectivity index (χ1n) is 13.5. The minimum absolute atomic E-state index is 0.00688. The van der Waals surface area contributed by atoms with Crippen molar-refractivity contribution in [3.8, 4) is 0 Å². The number of aromatic amines is 1. The van der Waals surface area contributed by atoms with Crippen LogP contribution in [-0.2, 0) is 32.2 Å². The maximum absolute atomic E-state index is 13.3. The lowest BCUT2D eigenvalue weighted by Crippen LogP contribution is -2.52. The van der Waals surface area contributed by atoms with Crippen molar-refractivity contribution in [2.24, 2.45) is 10.9 Å². The number of nitrogens with one attached hydrogen (secondary N) is 1. The van der Waals surface area contributed by atoms with Crippen LogP contribution in [0.3, 0.4) is 0 Å². The van der Waals surface area contributed by atoms with Crippen LogP contribution in [-0.4, -0.2) is 102 Å². The zero-order valence-electron chi connectivity index (χ0n) is 23.5. The number of nitrogen functional groups attached to an aromatic ring is 2. The number of ether oxygens (including phenoxy) is 2. The normalized spacial score (nSPS) is 31.2. The van der Waals surface area contributed by atoms with E-state index >= 15 is 0 Å². The van der Waals surface area contributed by atoms with Crippen molar-refractivity contribution in [3.05, 3.63) is 23.0 Å². The highest BCUT2D eigenvalue weighted by molar-refractivity contribution is 7.47. The van der Waals surface area contributed by atoms with Crippen LogP contribution in [0, 0.1) is 5.92 Å². The number of nitrogens with zero attached hydrogens (tertiary/aromatic N) is 7. The molecule has 3 aromatic heterocycles. The van der Waals surface area contributed by atoms with Crippen LogP contribution in [0.1, 0.15) is 19.6 Å². The Morgan fingerprint density at radius 2 is 2.11 bits per heavy atom. The number of hydrogen-bond acceptors (Lipinski definition) is 16. The van der Waals surface area contributed by atoms with Crippen LogP contribution >= 0.6 is 16.1 Å². The van der Waals surface area contributed by atoms with Gasteiger partial charge in [-0.1, -0.05) is 6.92 Å². The van der Waals surface area contributed by atoms with Crippen LogP contribution in [0.15, 0.2) is 22.4 Å². The lowest BCUT2D eigenvalue weighted by molar-refractivity contribution is -0.0451. The second kappa shape index (κ2) is 12.1. The average molecular weight is 672 g/mol. The van der Waals surface area contributed by atoms with E-state index in [0.29, 0.717) is 11.2 Å². The van der Waals surface area contributed by atoms with Gasteiger partial charge in [-0.25, -0.2) is 24.0 Å². The maximum atomic E-state index is 13.3. The van der Waals surface area contributed by atoms with Gasteiger partial charge < -0.3 is 30.9 Å². The Morgan fingerprint density at radius 3 is 2.87 bits per heavy atom. The minimum atomic E-state index is -4.87. The van der Waals surface area contributed by atoms with E-state index in [2.05, 4.69) is 29.9 Å². The fraction of sp³-hybridized carbons (Fsp3) is 0.545. The highest BCUT2D eigenvalue weighted by Crippen LogP contribution is 2.49. The second-order valence-electron chi connectivity index (χ2n) is 10.7. The first kappa shape index (κ1) is 31.6. The molecule has 3 aromatic rings. The van der Waals surface area contributed by atoms with E-state index in [1.807, 2.05) is 0 Å². The summed E-state index contributed by atoms with van der Waals surface area (Å²) in [5.41, 5.74) is 11.7. The van der Waals surface area contributed by atoms with Crippen LogP contribution < -0.4 is 21.5 Å². The summed E-state index contributed by atoms with van der Waals surface area (Å²) >= 11 is 0. The first-order chi connectivity index (χ1) is 21.4. The number of nitrogens with two attached hydrogens (primary N) is 2. The summed E-state index contributed by atoms with van der Waals surface area (Å²) in [5.74, 6) is -0.472. The smallest absolute Gasteiger partial charge is 0.394 e. The van der Waals surface area contributed by atoms with Gasteiger partial charge in [0.1, 0.15) is 36.8 Å². The number of imidazole rings is 1. The number of aliphatic hydroxyl groups excluding tert-OH is 1. The van der Waals surface area contributed by atoms with Crippen molar-refractivity contribution < 1.29 is 47.1 Å². The molecule has 0 amide bonds. The predicted octanol–water partition coefficient (Wildman–Crippen LogP) is -0.436. The molecule has 0 saturated carbocycles. The molecule has 1 spiro atoms. The molecule has 23 heteroatoms. The second-order valence-corrected chi connectivity index (χ2v) is 12.8.